The molecule has 0 atom stereocenters. The Morgan fingerprint density at radius 2 is 1.90 bits per heavy atom. The van der Waals surface area contributed by atoms with E-state index >= 15 is 0 Å². The van der Waals surface area contributed by atoms with Crippen LogP contribution < -0.4 is 21.3 Å². The molecule has 2 heterocycles. The minimum absolute atomic E-state index is 0.0355. The van der Waals surface area contributed by atoms with Crippen LogP contribution in [-0.4, -0.2) is 30.5 Å². The number of piperidine rings is 1. The molecule has 1 saturated heterocycles. The highest BCUT2D eigenvalue weighted by molar-refractivity contribution is 6.03. The van der Waals surface area contributed by atoms with Crippen LogP contribution in [0.3, 0.4) is 0 Å². The Hall–Kier alpha value is -3.46. The molecule has 2 aromatic carbocycles. The lowest BCUT2D eigenvalue weighted by molar-refractivity contribution is 0.102. The fourth-order valence-corrected chi connectivity index (χ4v) is 3.60. The van der Waals surface area contributed by atoms with E-state index in [4.69, 9.17) is 10.2 Å². The molecule has 1 aromatic heterocycles. The van der Waals surface area contributed by atoms with Crippen LogP contribution in [0.4, 0.5) is 31.5 Å². The van der Waals surface area contributed by atoms with E-state index in [-0.39, 0.29) is 11.4 Å². The van der Waals surface area contributed by atoms with Gasteiger partial charge in [-0.1, -0.05) is 0 Å². The summed E-state index contributed by atoms with van der Waals surface area (Å²) >= 11 is 0. The number of nitrogens with one attached hydrogen (secondary N) is 2. The molecule has 3 aromatic rings. The van der Waals surface area contributed by atoms with Gasteiger partial charge in [0.2, 0.25) is 0 Å². The molecule has 9 heteroatoms. The number of nitrogens with zero attached hydrogens (tertiary/aromatic N) is 2. The standard InChI is InChI=1S/C22H23F2N5O2/c23-17-5-6-18(20(24)21(17)28-22(30)19-12-31-13-26-19)27-15-1-3-16(4-2-15)29-9-7-14(11-25)8-10-29/h1-6,12-14,27H,7-11,25H2,(H,28,30). The molecular weight excluding hydrogens is 404 g/mol. The van der Waals surface area contributed by atoms with Crippen molar-refractivity contribution >= 4 is 28.7 Å². The summed E-state index contributed by atoms with van der Waals surface area (Å²) in [6, 6.07) is 9.95. The number of oxazole rings is 1. The largest absolute Gasteiger partial charge is 0.451 e. The minimum atomic E-state index is -0.912. The summed E-state index contributed by atoms with van der Waals surface area (Å²) in [7, 11) is 0. The third kappa shape index (κ3) is 4.66. The van der Waals surface area contributed by atoms with Crippen molar-refractivity contribution in [1.29, 1.82) is 0 Å². The topological polar surface area (TPSA) is 96.4 Å². The van der Waals surface area contributed by atoms with E-state index in [1.807, 2.05) is 24.3 Å². The number of benzene rings is 2. The van der Waals surface area contributed by atoms with E-state index in [0.29, 0.717) is 11.6 Å². The Balaban J connectivity index is 1.46. The zero-order chi connectivity index (χ0) is 21.8. The molecule has 0 unspecified atom stereocenters. The molecule has 1 aliphatic rings. The summed E-state index contributed by atoms with van der Waals surface area (Å²) in [6.07, 6.45) is 4.29. The minimum Gasteiger partial charge on any atom is -0.451 e. The zero-order valence-corrected chi connectivity index (χ0v) is 16.8. The van der Waals surface area contributed by atoms with Gasteiger partial charge in [0.25, 0.3) is 5.91 Å². The average molecular weight is 427 g/mol. The first-order valence-electron chi connectivity index (χ1n) is 10.0. The van der Waals surface area contributed by atoms with E-state index in [2.05, 4.69) is 20.5 Å². The average Bonchev–Trinajstić information content (AvgIpc) is 3.34. The SMILES string of the molecule is NCC1CCN(c2ccc(Nc3ccc(F)c(NC(=O)c4cocn4)c3F)cc2)CC1. The number of nitrogens with two attached hydrogens (primary N) is 1. The van der Waals surface area contributed by atoms with Crippen LogP contribution in [-0.2, 0) is 0 Å². The lowest BCUT2D eigenvalue weighted by Crippen LogP contribution is -2.35. The first kappa shape index (κ1) is 20.8. The summed E-state index contributed by atoms with van der Waals surface area (Å²) in [5, 5.41) is 5.13. The third-order valence-corrected chi connectivity index (χ3v) is 5.45. The first-order valence-corrected chi connectivity index (χ1v) is 10.0. The summed E-state index contributed by atoms with van der Waals surface area (Å²) in [5.74, 6) is -2.00. The second kappa shape index (κ2) is 9.13. The molecule has 7 nitrogen and oxygen atoms in total. The number of amides is 1. The monoisotopic (exact) mass is 427 g/mol. The number of hydrogen-bond acceptors (Lipinski definition) is 6. The summed E-state index contributed by atoms with van der Waals surface area (Å²) < 4.78 is 33.7. The van der Waals surface area contributed by atoms with Crippen molar-refractivity contribution < 1.29 is 18.0 Å². The van der Waals surface area contributed by atoms with Crippen LogP contribution in [0.25, 0.3) is 0 Å². The highest BCUT2D eigenvalue weighted by Gasteiger charge is 2.20. The fraction of sp³-hybridized carbons (Fsp3) is 0.273. The van der Waals surface area contributed by atoms with Crippen LogP contribution in [0.5, 0.6) is 0 Å². The molecule has 162 valence electrons. The molecule has 0 aliphatic carbocycles. The van der Waals surface area contributed by atoms with Gasteiger partial charge >= 0.3 is 0 Å². The fourth-order valence-electron chi connectivity index (χ4n) is 3.60. The lowest BCUT2D eigenvalue weighted by Gasteiger charge is -2.33. The van der Waals surface area contributed by atoms with Crippen molar-refractivity contribution in [2.24, 2.45) is 11.7 Å². The van der Waals surface area contributed by atoms with Gasteiger partial charge in [-0.3, -0.25) is 4.79 Å². The summed E-state index contributed by atoms with van der Waals surface area (Å²) in [4.78, 5) is 18.0. The molecule has 1 amide bonds. The van der Waals surface area contributed by atoms with Crippen molar-refractivity contribution in [2.75, 3.05) is 35.2 Å². The van der Waals surface area contributed by atoms with Crippen molar-refractivity contribution in [1.82, 2.24) is 4.98 Å². The smallest absolute Gasteiger partial charge is 0.277 e. The summed E-state index contributed by atoms with van der Waals surface area (Å²) in [5.41, 5.74) is 6.87. The quantitative estimate of drug-likeness (QED) is 0.548. The number of halogens is 2. The van der Waals surface area contributed by atoms with Crippen molar-refractivity contribution in [2.45, 2.75) is 12.8 Å². The zero-order valence-electron chi connectivity index (χ0n) is 16.8. The van der Waals surface area contributed by atoms with Gasteiger partial charge in [-0.25, -0.2) is 13.8 Å². The Bertz CT molecular complexity index is 1030. The normalized spacial score (nSPS) is 14.5. The van der Waals surface area contributed by atoms with Gasteiger partial charge in [0, 0.05) is 24.5 Å². The number of anilines is 4. The van der Waals surface area contributed by atoms with Crippen LogP contribution in [0.15, 0.2) is 53.5 Å². The van der Waals surface area contributed by atoms with Gasteiger partial charge in [0.1, 0.15) is 17.8 Å². The Morgan fingerprint density at radius 1 is 1.16 bits per heavy atom. The summed E-state index contributed by atoms with van der Waals surface area (Å²) in [6.45, 7) is 2.63. The molecule has 0 bridgehead atoms. The van der Waals surface area contributed by atoms with Gasteiger partial charge in [-0.2, -0.15) is 0 Å². The predicted molar refractivity (Wildman–Crippen MR) is 115 cm³/mol. The van der Waals surface area contributed by atoms with Crippen LogP contribution in [0.2, 0.25) is 0 Å². The molecular formula is C22H23F2N5O2. The van der Waals surface area contributed by atoms with E-state index in [1.165, 1.54) is 6.07 Å². The lowest BCUT2D eigenvalue weighted by atomic mass is 9.97. The number of carbonyl (C=O) groups is 1. The molecule has 0 saturated carbocycles. The van der Waals surface area contributed by atoms with Crippen molar-refractivity contribution in [3.05, 3.63) is 66.4 Å². The second-order valence-electron chi connectivity index (χ2n) is 7.45. The highest BCUT2D eigenvalue weighted by atomic mass is 19.1. The predicted octanol–water partition coefficient (Wildman–Crippen LogP) is 4.12. The van der Waals surface area contributed by atoms with Gasteiger partial charge in [0.05, 0.1) is 5.69 Å². The number of hydrogen-bond donors (Lipinski definition) is 3. The van der Waals surface area contributed by atoms with Gasteiger partial charge in [0.15, 0.2) is 17.9 Å². The number of rotatable bonds is 6. The number of aromatic nitrogens is 1. The van der Waals surface area contributed by atoms with Crippen molar-refractivity contribution in [3.63, 3.8) is 0 Å². The van der Waals surface area contributed by atoms with Gasteiger partial charge in [-0.05, 0) is 61.7 Å². The molecule has 31 heavy (non-hydrogen) atoms. The highest BCUT2D eigenvalue weighted by Crippen LogP contribution is 2.30. The van der Waals surface area contributed by atoms with Crippen LogP contribution >= 0.6 is 0 Å². The number of carbonyl (C=O) groups excluding carboxylic acids is 1. The maximum atomic E-state index is 14.9. The van der Waals surface area contributed by atoms with Crippen LogP contribution in [0, 0.1) is 17.6 Å². The third-order valence-electron chi connectivity index (χ3n) is 5.45. The second-order valence-corrected chi connectivity index (χ2v) is 7.45. The van der Waals surface area contributed by atoms with E-state index in [1.54, 1.807) is 0 Å². The maximum absolute atomic E-state index is 14.9. The Labute approximate surface area is 178 Å². The molecule has 1 fully saturated rings. The maximum Gasteiger partial charge on any atom is 0.277 e. The molecule has 0 spiro atoms. The van der Waals surface area contributed by atoms with Gasteiger partial charge < -0.3 is 25.7 Å². The molecule has 4 rings (SSSR count). The van der Waals surface area contributed by atoms with Crippen LogP contribution in [0.1, 0.15) is 23.3 Å². The first-order chi connectivity index (χ1) is 15.0. The van der Waals surface area contributed by atoms with E-state index < -0.39 is 23.2 Å². The Morgan fingerprint density at radius 3 is 2.55 bits per heavy atom. The van der Waals surface area contributed by atoms with E-state index in [9.17, 15) is 13.6 Å². The van der Waals surface area contributed by atoms with Crippen molar-refractivity contribution in [3.8, 4) is 0 Å². The Kier molecular flexibility index (Phi) is 6.13. The van der Waals surface area contributed by atoms with Gasteiger partial charge in [-0.15, -0.1) is 0 Å². The molecule has 1 aliphatic heterocycles. The molecule has 4 N–H and O–H groups in total. The molecule has 0 radical (unpaired) electrons. The van der Waals surface area contributed by atoms with E-state index in [0.717, 1.165) is 56.9 Å².